The van der Waals surface area contributed by atoms with Gasteiger partial charge in [-0.25, -0.2) is 0 Å². The van der Waals surface area contributed by atoms with E-state index in [0.29, 0.717) is 18.3 Å². The van der Waals surface area contributed by atoms with Crippen LogP contribution in [-0.2, 0) is 9.47 Å². The van der Waals surface area contributed by atoms with Crippen LogP contribution in [0.5, 0.6) is 0 Å². The highest BCUT2D eigenvalue weighted by atomic mass is 32.1. The Morgan fingerprint density at radius 2 is 2.00 bits per heavy atom. The van der Waals surface area contributed by atoms with Crippen molar-refractivity contribution < 1.29 is 9.47 Å². The van der Waals surface area contributed by atoms with Crippen LogP contribution in [0.3, 0.4) is 0 Å². The second-order valence-electron chi connectivity index (χ2n) is 5.73. The monoisotopic (exact) mass is 309 g/mol. The Balaban J connectivity index is 1.77. The van der Waals surface area contributed by atoms with Gasteiger partial charge in [0.15, 0.2) is 10.9 Å². The summed E-state index contributed by atoms with van der Waals surface area (Å²) in [6, 6.07) is 8.09. The summed E-state index contributed by atoms with van der Waals surface area (Å²) in [6.07, 6.45) is 0.0240. The van der Waals surface area contributed by atoms with Gasteiger partial charge in [-0.05, 0) is 50.3 Å². The van der Waals surface area contributed by atoms with Crippen molar-refractivity contribution in [2.75, 3.05) is 37.5 Å². The van der Waals surface area contributed by atoms with Crippen LogP contribution in [0.1, 0.15) is 13.8 Å². The molecule has 5 nitrogen and oxygen atoms in total. The molecule has 21 heavy (non-hydrogen) atoms. The molecule has 1 atom stereocenters. The summed E-state index contributed by atoms with van der Waals surface area (Å²) in [6.45, 7) is 5.04. The molecule has 1 aliphatic rings. The number of hydrogen-bond donors (Lipinski definition) is 2. The lowest BCUT2D eigenvalue weighted by atomic mass is 10.2. The van der Waals surface area contributed by atoms with Gasteiger partial charge in [-0.1, -0.05) is 0 Å². The fourth-order valence-electron chi connectivity index (χ4n) is 2.09. The van der Waals surface area contributed by atoms with Crippen LogP contribution in [0.15, 0.2) is 24.3 Å². The average molecular weight is 309 g/mol. The van der Waals surface area contributed by atoms with E-state index in [1.54, 1.807) is 0 Å². The van der Waals surface area contributed by atoms with Crippen molar-refractivity contribution in [1.29, 1.82) is 0 Å². The molecule has 0 aromatic heterocycles. The molecule has 1 heterocycles. The molecule has 1 aliphatic heterocycles. The van der Waals surface area contributed by atoms with Crippen LogP contribution in [0.4, 0.5) is 11.4 Å². The topological polar surface area (TPSA) is 45.8 Å². The highest BCUT2D eigenvalue weighted by Crippen LogP contribution is 2.21. The minimum absolute atomic E-state index is 0.0240. The fourth-order valence-corrected chi connectivity index (χ4v) is 2.29. The van der Waals surface area contributed by atoms with Gasteiger partial charge in [0.1, 0.15) is 6.10 Å². The van der Waals surface area contributed by atoms with Gasteiger partial charge < -0.3 is 25.0 Å². The van der Waals surface area contributed by atoms with Crippen molar-refractivity contribution in [3.8, 4) is 0 Å². The van der Waals surface area contributed by atoms with Crippen molar-refractivity contribution in [3.63, 3.8) is 0 Å². The number of ether oxygens (including phenoxy) is 2. The minimum Gasteiger partial charge on any atom is -0.378 e. The number of anilines is 2. The lowest BCUT2D eigenvalue weighted by Crippen LogP contribution is -2.36. The van der Waals surface area contributed by atoms with Crippen molar-refractivity contribution in [1.82, 2.24) is 5.32 Å². The van der Waals surface area contributed by atoms with Crippen molar-refractivity contribution in [3.05, 3.63) is 24.3 Å². The zero-order chi connectivity index (χ0) is 15.5. The molecule has 0 amide bonds. The molecule has 0 aliphatic carbocycles. The molecule has 116 valence electrons. The first-order valence-corrected chi connectivity index (χ1v) is 7.40. The average Bonchev–Trinajstić information content (AvgIpc) is 2.77. The van der Waals surface area contributed by atoms with E-state index in [-0.39, 0.29) is 6.10 Å². The summed E-state index contributed by atoms with van der Waals surface area (Å²) in [5, 5.41) is 6.90. The van der Waals surface area contributed by atoms with Crippen molar-refractivity contribution in [2.24, 2.45) is 0 Å². The predicted octanol–water partition coefficient (Wildman–Crippen LogP) is 2.19. The van der Waals surface area contributed by atoms with Crippen molar-refractivity contribution >= 4 is 28.7 Å². The van der Waals surface area contributed by atoms with E-state index < -0.39 is 5.79 Å². The Morgan fingerprint density at radius 3 is 2.52 bits per heavy atom. The third kappa shape index (κ3) is 4.84. The highest BCUT2D eigenvalue weighted by Gasteiger charge is 2.32. The number of thiocarbonyl (C=S) groups is 1. The Labute approximate surface area is 131 Å². The van der Waals surface area contributed by atoms with Gasteiger partial charge in [0.25, 0.3) is 0 Å². The number of benzene rings is 1. The maximum Gasteiger partial charge on any atom is 0.170 e. The first kappa shape index (κ1) is 16.0. The summed E-state index contributed by atoms with van der Waals surface area (Å²) in [5.41, 5.74) is 2.11. The van der Waals surface area contributed by atoms with E-state index in [2.05, 4.69) is 15.5 Å². The maximum atomic E-state index is 5.71. The van der Waals surface area contributed by atoms with Crippen LogP contribution in [-0.4, -0.2) is 44.3 Å². The molecule has 6 heteroatoms. The second kappa shape index (κ2) is 6.60. The van der Waals surface area contributed by atoms with Gasteiger partial charge in [-0.15, -0.1) is 0 Å². The maximum absolute atomic E-state index is 5.71. The van der Waals surface area contributed by atoms with E-state index in [1.165, 1.54) is 0 Å². The molecule has 1 fully saturated rings. The number of rotatable bonds is 4. The number of hydrogen-bond acceptors (Lipinski definition) is 4. The van der Waals surface area contributed by atoms with E-state index in [4.69, 9.17) is 21.7 Å². The lowest BCUT2D eigenvalue weighted by Gasteiger charge is -2.18. The summed E-state index contributed by atoms with van der Waals surface area (Å²) in [5.74, 6) is -0.497. The fraction of sp³-hybridized carbons (Fsp3) is 0.533. The van der Waals surface area contributed by atoms with Gasteiger partial charge in [0, 0.05) is 32.0 Å². The lowest BCUT2D eigenvalue weighted by molar-refractivity contribution is -0.137. The molecular weight excluding hydrogens is 286 g/mol. The van der Waals surface area contributed by atoms with Crippen LogP contribution >= 0.6 is 12.2 Å². The molecule has 1 saturated heterocycles. The summed E-state index contributed by atoms with van der Waals surface area (Å²) >= 11 is 5.28. The quantitative estimate of drug-likeness (QED) is 0.832. The van der Waals surface area contributed by atoms with Gasteiger partial charge in [0.05, 0.1) is 6.61 Å². The predicted molar refractivity (Wildman–Crippen MR) is 89.9 cm³/mol. The zero-order valence-corrected chi connectivity index (χ0v) is 13.8. The molecule has 1 aromatic rings. The molecule has 0 saturated carbocycles. The molecule has 2 N–H and O–H groups in total. The molecular formula is C15H23N3O2S. The normalized spacial score (nSPS) is 20.1. The second-order valence-corrected chi connectivity index (χ2v) is 6.14. The first-order chi connectivity index (χ1) is 9.85. The summed E-state index contributed by atoms with van der Waals surface area (Å²) in [4.78, 5) is 2.06. The van der Waals surface area contributed by atoms with Crippen molar-refractivity contribution in [2.45, 2.75) is 25.7 Å². The van der Waals surface area contributed by atoms with Gasteiger partial charge >= 0.3 is 0 Å². The summed E-state index contributed by atoms with van der Waals surface area (Å²) in [7, 11) is 4.03. The van der Waals surface area contributed by atoms with Crippen LogP contribution in [0.25, 0.3) is 0 Å². The highest BCUT2D eigenvalue weighted by molar-refractivity contribution is 7.80. The first-order valence-electron chi connectivity index (χ1n) is 7.00. The van der Waals surface area contributed by atoms with E-state index in [9.17, 15) is 0 Å². The van der Waals surface area contributed by atoms with Crippen LogP contribution in [0, 0.1) is 0 Å². The third-order valence-electron chi connectivity index (χ3n) is 3.20. The SMILES string of the molecule is CN(C)c1ccc(NC(=S)NCC2COC(C)(C)O2)cc1. The molecule has 0 spiro atoms. The van der Waals surface area contributed by atoms with Gasteiger partial charge in [-0.2, -0.15) is 0 Å². The zero-order valence-electron chi connectivity index (χ0n) is 13.0. The Kier molecular flexibility index (Phi) is 5.03. The third-order valence-corrected chi connectivity index (χ3v) is 3.45. The van der Waals surface area contributed by atoms with E-state index >= 15 is 0 Å². The summed E-state index contributed by atoms with van der Waals surface area (Å²) < 4.78 is 11.2. The standard InChI is InChI=1S/C15H23N3O2S/c1-15(2)19-10-13(20-15)9-16-14(21)17-11-5-7-12(8-6-11)18(3)4/h5-8,13H,9-10H2,1-4H3,(H2,16,17,21). The molecule has 0 radical (unpaired) electrons. The van der Waals surface area contributed by atoms with E-state index in [0.717, 1.165) is 11.4 Å². The van der Waals surface area contributed by atoms with Crippen LogP contribution in [0.2, 0.25) is 0 Å². The van der Waals surface area contributed by atoms with Gasteiger partial charge in [-0.3, -0.25) is 0 Å². The van der Waals surface area contributed by atoms with Crippen LogP contribution < -0.4 is 15.5 Å². The minimum atomic E-state index is -0.497. The number of nitrogens with one attached hydrogen (secondary N) is 2. The molecule has 1 unspecified atom stereocenters. The van der Waals surface area contributed by atoms with E-state index in [1.807, 2.05) is 52.2 Å². The molecule has 0 bridgehead atoms. The van der Waals surface area contributed by atoms with Gasteiger partial charge in [0.2, 0.25) is 0 Å². The largest absolute Gasteiger partial charge is 0.378 e. The Hall–Kier alpha value is -1.37. The molecule has 2 rings (SSSR count). The Bertz CT molecular complexity index is 488. The molecule has 1 aromatic carbocycles. The smallest absolute Gasteiger partial charge is 0.170 e. The Morgan fingerprint density at radius 1 is 1.33 bits per heavy atom. The number of nitrogens with zero attached hydrogens (tertiary/aromatic N) is 1.